The van der Waals surface area contributed by atoms with Gasteiger partial charge in [0.2, 0.25) is 0 Å². The molecule has 0 saturated carbocycles. The van der Waals surface area contributed by atoms with Crippen LogP contribution in [0.1, 0.15) is 0 Å². The van der Waals surface area contributed by atoms with Crippen molar-refractivity contribution < 1.29 is 27.1 Å². The molecule has 4 N–H and O–H groups in total. The quantitative estimate of drug-likeness (QED) is 0.681. The lowest BCUT2D eigenvalue weighted by molar-refractivity contribution is -0.0756. The first kappa shape index (κ1) is 15.9. The van der Waals surface area contributed by atoms with E-state index >= 15 is 0 Å². The maximum absolute atomic E-state index is 5.54. The van der Waals surface area contributed by atoms with Gasteiger partial charge in [-0.1, -0.05) is 0 Å². The van der Waals surface area contributed by atoms with Crippen molar-refractivity contribution >= 4 is 17.2 Å². The first-order valence-corrected chi connectivity index (χ1v) is 8.25. The minimum absolute atomic E-state index is 0.268. The molecule has 0 aromatic carbocycles. The molecule has 2 fully saturated rings. The molecule has 1 spiro atoms. The van der Waals surface area contributed by atoms with E-state index in [2.05, 4.69) is 0 Å². The Kier molecular flexibility index (Phi) is 6.79. The van der Waals surface area contributed by atoms with Gasteiger partial charge in [-0.25, -0.2) is 0 Å². The van der Waals surface area contributed by atoms with Crippen LogP contribution >= 0.6 is 17.2 Å². The summed E-state index contributed by atoms with van der Waals surface area (Å²) in [6, 6.07) is 0. The molecule has 19 heavy (non-hydrogen) atoms. The fourth-order valence-electron chi connectivity index (χ4n) is 1.49. The molecule has 2 aliphatic rings. The van der Waals surface area contributed by atoms with Crippen LogP contribution in [-0.2, 0) is 27.1 Å². The van der Waals surface area contributed by atoms with Gasteiger partial charge in [0.15, 0.2) is 0 Å². The van der Waals surface area contributed by atoms with Crippen molar-refractivity contribution in [3.05, 3.63) is 0 Å². The summed E-state index contributed by atoms with van der Waals surface area (Å²) in [6.07, 6.45) is 0. The SMILES string of the molecule is NCCOP1OCC2(CO1)COP(OCCN)OC2. The Morgan fingerprint density at radius 1 is 0.789 bits per heavy atom. The molecule has 0 atom stereocenters. The second kappa shape index (κ2) is 8.10. The van der Waals surface area contributed by atoms with Crippen LogP contribution in [-0.4, -0.2) is 52.7 Å². The topological polar surface area (TPSA) is 107 Å². The lowest BCUT2D eigenvalue weighted by Gasteiger charge is -2.41. The van der Waals surface area contributed by atoms with Crippen molar-refractivity contribution in [3.8, 4) is 0 Å². The predicted molar refractivity (Wildman–Crippen MR) is 70.1 cm³/mol. The first-order chi connectivity index (χ1) is 9.28. The molecule has 0 aliphatic carbocycles. The molecule has 0 radical (unpaired) electrons. The van der Waals surface area contributed by atoms with Crippen molar-refractivity contribution in [2.75, 3.05) is 52.7 Å². The predicted octanol–water partition coefficient (Wildman–Crippen LogP) is 0.471. The average molecular weight is 314 g/mol. The summed E-state index contributed by atoms with van der Waals surface area (Å²) >= 11 is 0. The molecule has 2 saturated heterocycles. The number of hydrogen-bond donors (Lipinski definition) is 2. The van der Waals surface area contributed by atoms with Gasteiger partial charge in [0.05, 0.1) is 45.1 Å². The molecule has 2 rings (SSSR count). The normalized spacial score (nSPS) is 35.7. The van der Waals surface area contributed by atoms with E-state index in [1.54, 1.807) is 0 Å². The van der Waals surface area contributed by atoms with Crippen LogP contribution < -0.4 is 11.5 Å². The molecule has 2 aliphatic heterocycles. The standard InChI is InChI=1S/C9H20N2O6P2/c10-1-3-12-18-14-5-9(6-15-18)7-16-19(17-8-9)13-4-2-11/h1-8,10-11H2. The number of hydrogen-bond acceptors (Lipinski definition) is 8. The van der Waals surface area contributed by atoms with E-state index in [9.17, 15) is 0 Å². The third-order valence-electron chi connectivity index (χ3n) is 2.53. The highest BCUT2D eigenvalue weighted by molar-refractivity contribution is 7.42. The smallest absolute Gasteiger partial charge is 0.328 e. The molecule has 0 bridgehead atoms. The number of rotatable bonds is 6. The van der Waals surface area contributed by atoms with E-state index in [1.807, 2.05) is 0 Å². The fourth-order valence-corrected chi connectivity index (χ4v) is 3.96. The zero-order valence-electron chi connectivity index (χ0n) is 10.7. The zero-order valence-corrected chi connectivity index (χ0v) is 12.4. The summed E-state index contributed by atoms with van der Waals surface area (Å²) in [5.74, 6) is 0. The highest BCUT2D eigenvalue weighted by atomic mass is 31.2. The maximum Gasteiger partial charge on any atom is 0.332 e. The van der Waals surface area contributed by atoms with Crippen LogP contribution in [0.2, 0.25) is 0 Å². The number of nitrogens with two attached hydrogens (primary N) is 2. The van der Waals surface area contributed by atoms with Crippen LogP contribution in [0, 0.1) is 5.41 Å². The highest BCUT2D eigenvalue weighted by Crippen LogP contribution is 2.52. The molecule has 0 amide bonds. The maximum atomic E-state index is 5.54. The first-order valence-electron chi connectivity index (χ1n) is 6.06. The van der Waals surface area contributed by atoms with E-state index in [1.165, 1.54) is 0 Å². The van der Waals surface area contributed by atoms with Gasteiger partial charge >= 0.3 is 17.2 Å². The highest BCUT2D eigenvalue weighted by Gasteiger charge is 2.43. The fraction of sp³-hybridized carbons (Fsp3) is 1.00. The third-order valence-corrected chi connectivity index (χ3v) is 4.68. The van der Waals surface area contributed by atoms with Crippen molar-refractivity contribution in [3.63, 3.8) is 0 Å². The summed E-state index contributed by atoms with van der Waals surface area (Å²) in [5.41, 5.74) is 10.4. The van der Waals surface area contributed by atoms with Gasteiger partial charge < -0.3 is 38.6 Å². The van der Waals surface area contributed by atoms with Gasteiger partial charge in [-0.3, -0.25) is 0 Å². The molecular weight excluding hydrogens is 294 g/mol. The monoisotopic (exact) mass is 314 g/mol. The van der Waals surface area contributed by atoms with E-state index < -0.39 is 17.2 Å². The second-order valence-corrected chi connectivity index (χ2v) is 6.73. The Labute approximate surface area is 115 Å². The van der Waals surface area contributed by atoms with Crippen LogP contribution in [0.5, 0.6) is 0 Å². The summed E-state index contributed by atoms with van der Waals surface area (Å²) in [4.78, 5) is 0. The summed E-state index contributed by atoms with van der Waals surface area (Å²) in [7, 11) is -2.56. The Balaban J connectivity index is 1.69. The molecule has 0 aromatic heterocycles. The summed E-state index contributed by atoms with van der Waals surface area (Å²) in [6.45, 7) is 3.73. The Bertz CT molecular complexity index is 230. The Morgan fingerprint density at radius 3 is 1.47 bits per heavy atom. The van der Waals surface area contributed by atoms with E-state index in [0.29, 0.717) is 52.7 Å². The lowest BCUT2D eigenvalue weighted by Crippen LogP contribution is -2.44. The minimum atomic E-state index is -1.28. The third kappa shape index (κ3) is 4.79. The lowest BCUT2D eigenvalue weighted by atomic mass is 9.93. The van der Waals surface area contributed by atoms with Crippen molar-refractivity contribution in [1.82, 2.24) is 0 Å². The van der Waals surface area contributed by atoms with Crippen molar-refractivity contribution in [2.24, 2.45) is 16.9 Å². The van der Waals surface area contributed by atoms with Gasteiger partial charge in [-0.2, -0.15) is 0 Å². The van der Waals surface area contributed by atoms with Crippen molar-refractivity contribution in [1.29, 1.82) is 0 Å². The van der Waals surface area contributed by atoms with Gasteiger partial charge in [0, 0.05) is 13.1 Å². The molecule has 8 nitrogen and oxygen atoms in total. The average Bonchev–Trinajstić information content (AvgIpc) is 2.46. The molecule has 0 aromatic rings. The summed E-state index contributed by atoms with van der Waals surface area (Å²) in [5, 5.41) is 0. The van der Waals surface area contributed by atoms with Crippen molar-refractivity contribution in [2.45, 2.75) is 0 Å². The van der Waals surface area contributed by atoms with Crippen LogP contribution in [0.4, 0.5) is 0 Å². The molecule has 2 heterocycles. The van der Waals surface area contributed by atoms with Crippen LogP contribution in [0.25, 0.3) is 0 Å². The molecule has 112 valence electrons. The van der Waals surface area contributed by atoms with Crippen LogP contribution in [0.3, 0.4) is 0 Å². The van der Waals surface area contributed by atoms with E-state index in [4.69, 9.17) is 38.6 Å². The van der Waals surface area contributed by atoms with Gasteiger partial charge in [-0.15, -0.1) is 0 Å². The van der Waals surface area contributed by atoms with Crippen LogP contribution in [0.15, 0.2) is 0 Å². The van der Waals surface area contributed by atoms with E-state index in [0.717, 1.165) is 0 Å². The Hall–Kier alpha value is 0.540. The molecule has 10 heteroatoms. The molecule has 0 unspecified atom stereocenters. The molecular formula is C9H20N2O6P2. The van der Waals surface area contributed by atoms with Gasteiger partial charge in [-0.05, 0) is 0 Å². The van der Waals surface area contributed by atoms with E-state index in [-0.39, 0.29) is 5.41 Å². The second-order valence-electron chi connectivity index (χ2n) is 4.28. The largest absolute Gasteiger partial charge is 0.332 e. The zero-order chi connectivity index (χ0) is 13.6. The van der Waals surface area contributed by atoms with Gasteiger partial charge in [0.1, 0.15) is 0 Å². The van der Waals surface area contributed by atoms with Gasteiger partial charge in [0.25, 0.3) is 0 Å². The minimum Gasteiger partial charge on any atom is -0.328 e. The Morgan fingerprint density at radius 2 is 1.16 bits per heavy atom. The summed E-state index contributed by atoms with van der Waals surface area (Å²) < 4.78 is 32.8.